The molecule has 1 aliphatic rings. The Morgan fingerprint density at radius 1 is 1.50 bits per heavy atom. The van der Waals surface area contributed by atoms with E-state index in [0.29, 0.717) is 6.08 Å². The van der Waals surface area contributed by atoms with Gasteiger partial charge in [-0.05, 0) is 6.08 Å². The smallest absolute Gasteiger partial charge is 0.211 e. The summed E-state index contributed by atoms with van der Waals surface area (Å²) in [6.45, 7) is 0. The molecule has 0 bridgehead atoms. The number of rotatable bonds is 1. The Balaban J connectivity index is 2.95. The highest BCUT2D eigenvalue weighted by molar-refractivity contribution is 5.37. The minimum Gasteiger partial charge on any atom is -0.211 e. The van der Waals surface area contributed by atoms with Crippen molar-refractivity contribution in [2.24, 2.45) is 4.99 Å². The zero-order chi connectivity index (χ0) is 10.8. The third-order valence-corrected chi connectivity index (χ3v) is 1.73. The second-order valence-corrected chi connectivity index (χ2v) is 2.68. The molecule has 0 radical (unpaired) electrons. The fraction of sp³-hybridized carbons (Fsp3) is 0.375. The van der Waals surface area contributed by atoms with E-state index >= 15 is 0 Å². The van der Waals surface area contributed by atoms with E-state index in [1.54, 1.807) is 0 Å². The molecule has 1 unspecified atom stereocenters. The van der Waals surface area contributed by atoms with Crippen molar-refractivity contribution in [3.63, 3.8) is 0 Å². The van der Waals surface area contributed by atoms with Gasteiger partial charge in [0.2, 0.25) is 6.08 Å². The molecule has 0 saturated heterocycles. The van der Waals surface area contributed by atoms with Crippen LogP contribution < -0.4 is 0 Å². The van der Waals surface area contributed by atoms with E-state index in [4.69, 9.17) is 0 Å². The lowest BCUT2D eigenvalue weighted by Gasteiger charge is -2.17. The van der Waals surface area contributed by atoms with Crippen LogP contribution in [0.2, 0.25) is 0 Å². The number of hydrogen-bond donors (Lipinski definition) is 0. The van der Waals surface area contributed by atoms with Gasteiger partial charge in [-0.25, -0.2) is 9.18 Å². The van der Waals surface area contributed by atoms with E-state index in [-0.39, 0.29) is 0 Å². The first kappa shape index (κ1) is 10.7. The quantitative estimate of drug-likeness (QED) is 0.369. The lowest BCUT2D eigenvalue weighted by Crippen LogP contribution is -2.19. The van der Waals surface area contributed by atoms with Gasteiger partial charge >= 0.3 is 6.18 Å². The van der Waals surface area contributed by atoms with E-state index in [9.17, 15) is 22.4 Å². The molecule has 0 N–H and O–H groups in total. The first-order chi connectivity index (χ1) is 6.45. The fourth-order valence-electron chi connectivity index (χ4n) is 1.08. The molecule has 0 aromatic rings. The van der Waals surface area contributed by atoms with Crippen molar-refractivity contribution in [1.82, 2.24) is 0 Å². The zero-order valence-electron chi connectivity index (χ0n) is 6.81. The van der Waals surface area contributed by atoms with Crippen LogP contribution in [0.4, 0.5) is 17.6 Å². The summed E-state index contributed by atoms with van der Waals surface area (Å²) in [5.74, 6) is -1.32. The Morgan fingerprint density at radius 3 is 2.64 bits per heavy atom. The number of aliphatic imine (C=N–C) groups is 1. The topological polar surface area (TPSA) is 29.4 Å². The highest BCUT2D eigenvalue weighted by Crippen LogP contribution is 2.35. The molecule has 0 aromatic heterocycles. The molecule has 2 nitrogen and oxygen atoms in total. The lowest BCUT2D eigenvalue weighted by atomic mass is 10.00. The summed E-state index contributed by atoms with van der Waals surface area (Å²) in [7, 11) is 0. The van der Waals surface area contributed by atoms with Crippen molar-refractivity contribution >= 4 is 6.08 Å². The third kappa shape index (κ3) is 2.29. The van der Waals surface area contributed by atoms with Crippen molar-refractivity contribution in [3.05, 3.63) is 23.6 Å². The van der Waals surface area contributed by atoms with Gasteiger partial charge in [-0.15, -0.1) is 0 Å². The SMILES string of the molecule is O=C=NC1C=CC(F)=C(C(F)(F)F)C1. The molecule has 0 amide bonds. The van der Waals surface area contributed by atoms with Crippen LogP contribution in [0.25, 0.3) is 0 Å². The average molecular weight is 207 g/mol. The number of alkyl halides is 3. The Kier molecular flexibility index (Phi) is 2.86. The maximum Gasteiger partial charge on any atom is 0.415 e. The number of allylic oxidation sites excluding steroid dienone is 2. The summed E-state index contributed by atoms with van der Waals surface area (Å²) < 4.78 is 49.1. The molecule has 0 fully saturated rings. The van der Waals surface area contributed by atoms with Crippen LogP contribution in [0.1, 0.15) is 6.42 Å². The van der Waals surface area contributed by atoms with E-state index in [0.717, 1.165) is 12.2 Å². The van der Waals surface area contributed by atoms with Gasteiger partial charge in [-0.2, -0.15) is 18.2 Å². The Morgan fingerprint density at radius 2 is 2.14 bits per heavy atom. The largest absolute Gasteiger partial charge is 0.415 e. The number of carbonyl (C=O) groups excluding carboxylic acids is 1. The van der Waals surface area contributed by atoms with Crippen molar-refractivity contribution < 1.29 is 22.4 Å². The van der Waals surface area contributed by atoms with Crippen molar-refractivity contribution in [2.75, 3.05) is 0 Å². The summed E-state index contributed by atoms with van der Waals surface area (Å²) >= 11 is 0. The maximum absolute atomic E-state index is 12.7. The molecule has 76 valence electrons. The summed E-state index contributed by atoms with van der Waals surface area (Å²) in [6.07, 6.45) is -2.48. The second kappa shape index (κ2) is 3.75. The molecule has 1 atom stereocenters. The van der Waals surface area contributed by atoms with E-state index in [2.05, 4.69) is 4.99 Å². The summed E-state index contributed by atoms with van der Waals surface area (Å²) in [5.41, 5.74) is -1.29. The van der Waals surface area contributed by atoms with Crippen LogP contribution in [-0.4, -0.2) is 18.3 Å². The van der Waals surface area contributed by atoms with E-state index in [1.807, 2.05) is 0 Å². The predicted molar refractivity (Wildman–Crippen MR) is 39.9 cm³/mol. The van der Waals surface area contributed by atoms with E-state index in [1.165, 1.54) is 0 Å². The summed E-state index contributed by atoms with van der Waals surface area (Å²) in [4.78, 5) is 12.9. The second-order valence-electron chi connectivity index (χ2n) is 2.68. The van der Waals surface area contributed by atoms with Gasteiger partial charge in [0.1, 0.15) is 5.83 Å². The van der Waals surface area contributed by atoms with E-state index < -0.39 is 30.0 Å². The summed E-state index contributed by atoms with van der Waals surface area (Å²) in [6, 6.07) is -0.969. The first-order valence-corrected chi connectivity index (χ1v) is 3.66. The van der Waals surface area contributed by atoms with Gasteiger partial charge in [0.15, 0.2) is 0 Å². The minimum absolute atomic E-state index is 0.652. The van der Waals surface area contributed by atoms with Crippen LogP contribution in [0.15, 0.2) is 28.5 Å². The van der Waals surface area contributed by atoms with Gasteiger partial charge in [-0.1, -0.05) is 6.08 Å². The Labute approximate surface area is 76.6 Å². The van der Waals surface area contributed by atoms with Crippen LogP contribution in [0.5, 0.6) is 0 Å². The highest BCUT2D eigenvalue weighted by Gasteiger charge is 2.38. The number of nitrogens with zero attached hydrogens (tertiary/aromatic N) is 1. The zero-order valence-corrected chi connectivity index (χ0v) is 6.81. The molecule has 0 saturated carbocycles. The van der Waals surface area contributed by atoms with Gasteiger partial charge in [0.05, 0.1) is 11.6 Å². The minimum atomic E-state index is -4.72. The molecule has 0 aromatic carbocycles. The van der Waals surface area contributed by atoms with Crippen LogP contribution >= 0.6 is 0 Å². The van der Waals surface area contributed by atoms with Gasteiger partial charge in [0, 0.05) is 6.42 Å². The maximum atomic E-state index is 12.7. The molecule has 0 spiro atoms. The molecule has 1 rings (SSSR count). The fourth-order valence-corrected chi connectivity index (χ4v) is 1.08. The normalized spacial score (nSPS) is 22.1. The first-order valence-electron chi connectivity index (χ1n) is 3.66. The lowest BCUT2D eigenvalue weighted by molar-refractivity contribution is -0.0961. The summed E-state index contributed by atoms with van der Waals surface area (Å²) in [5, 5.41) is 0. The van der Waals surface area contributed by atoms with Gasteiger partial charge in [-0.3, -0.25) is 0 Å². The standard InChI is InChI=1S/C8H5F4NO/c9-7-2-1-5(13-4-14)3-6(7)8(10,11)12/h1-2,5H,3H2. The van der Waals surface area contributed by atoms with Gasteiger partial charge in [0.25, 0.3) is 0 Å². The third-order valence-electron chi connectivity index (χ3n) is 1.73. The molecule has 1 aliphatic carbocycles. The molecule has 0 heterocycles. The molecular weight excluding hydrogens is 202 g/mol. The molecule has 0 aliphatic heterocycles. The highest BCUT2D eigenvalue weighted by atomic mass is 19.4. The predicted octanol–water partition coefficient (Wildman–Crippen LogP) is 2.44. The van der Waals surface area contributed by atoms with Crippen LogP contribution in [-0.2, 0) is 4.79 Å². The van der Waals surface area contributed by atoms with Crippen molar-refractivity contribution in [2.45, 2.75) is 18.6 Å². The number of isocyanates is 1. The Hall–Kier alpha value is -1.42. The van der Waals surface area contributed by atoms with Crippen molar-refractivity contribution in [1.29, 1.82) is 0 Å². The van der Waals surface area contributed by atoms with Crippen LogP contribution in [0, 0.1) is 0 Å². The molecule has 6 heteroatoms. The average Bonchev–Trinajstić information content (AvgIpc) is 2.07. The molecular formula is C8H5F4NO. The number of halogens is 4. The van der Waals surface area contributed by atoms with Crippen molar-refractivity contribution in [3.8, 4) is 0 Å². The Bertz CT molecular complexity index is 336. The van der Waals surface area contributed by atoms with Crippen LogP contribution in [0.3, 0.4) is 0 Å². The number of hydrogen-bond acceptors (Lipinski definition) is 2. The monoisotopic (exact) mass is 207 g/mol. The van der Waals surface area contributed by atoms with Gasteiger partial charge < -0.3 is 0 Å². The molecule has 14 heavy (non-hydrogen) atoms.